The zero-order chi connectivity index (χ0) is 20.9. The van der Waals surface area contributed by atoms with Crippen LogP contribution in [0.3, 0.4) is 0 Å². The lowest BCUT2D eigenvalue weighted by atomic mass is 10.2. The second-order valence-electron chi connectivity index (χ2n) is 6.14. The van der Waals surface area contributed by atoms with Crippen LogP contribution in [0.2, 0.25) is 0 Å². The summed E-state index contributed by atoms with van der Waals surface area (Å²) < 4.78 is 47.8. The van der Waals surface area contributed by atoms with Crippen LogP contribution in [0.5, 0.6) is 11.5 Å². The summed E-state index contributed by atoms with van der Waals surface area (Å²) in [6.07, 6.45) is -1.23. The van der Waals surface area contributed by atoms with Crippen molar-refractivity contribution < 1.29 is 27.4 Å². The van der Waals surface area contributed by atoms with E-state index in [2.05, 4.69) is 15.0 Å². The summed E-state index contributed by atoms with van der Waals surface area (Å²) in [6, 6.07) is 11.9. The van der Waals surface area contributed by atoms with Gasteiger partial charge in [0.15, 0.2) is 0 Å². The van der Waals surface area contributed by atoms with E-state index in [1.165, 1.54) is 24.3 Å². The third-order valence-electron chi connectivity index (χ3n) is 4.02. The summed E-state index contributed by atoms with van der Waals surface area (Å²) in [5.41, 5.74) is 1.08. The van der Waals surface area contributed by atoms with Gasteiger partial charge in [-0.3, -0.25) is 4.79 Å². The van der Waals surface area contributed by atoms with Gasteiger partial charge in [-0.1, -0.05) is 12.1 Å². The summed E-state index contributed by atoms with van der Waals surface area (Å²) >= 11 is 0. The van der Waals surface area contributed by atoms with Crippen molar-refractivity contribution in [3.63, 3.8) is 0 Å². The fourth-order valence-corrected chi connectivity index (χ4v) is 2.48. The maximum Gasteiger partial charge on any atom is 0.573 e. The highest BCUT2D eigenvalue weighted by atomic mass is 19.4. The lowest BCUT2D eigenvalue weighted by molar-refractivity contribution is -0.274. The number of carbonyl (C=O) groups is 1. The minimum absolute atomic E-state index is 0.169. The van der Waals surface area contributed by atoms with E-state index in [1.54, 1.807) is 30.5 Å². The number of amides is 1. The van der Waals surface area contributed by atoms with Gasteiger partial charge in [-0.25, -0.2) is 4.98 Å². The molecule has 0 saturated heterocycles. The predicted octanol–water partition coefficient (Wildman–Crippen LogP) is 3.83. The van der Waals surface area contributed by atoms with Crippen LogP contribution in [-0.2, 0) is 20.2 Å². The molecule has 9 heteroatoms. The van der Waals surface area contributed by atoms with Gasteiger partial charge in [-0.15, -0.1) is 13.2 Å². The molecule has 0 aliphatic carbocycles. The molecule has 0 spiro atoms. The Labute approximate surface area is 164 Å². The Bertz CT molecular complexity index is 952. The number of alkyl halides is 3. The molecule has 6 nitrogen and oxygen atoms in total. The van der Waals surface area contributed by atoms with Gasteiger partial charge in [-0.05, 0) is 42.0 Å². The van der Waals surface area contributed by atoms with Crippen molar-refractivity contribution in [2.45, 2.75) is 19.5 Å². The highest BCUT2D eigenvalue weighted by molar-refractivity contribution is 5.94. The lowest BCUT2D eigenvalue weighted by Gasteiger charge is -2.10. The van der Waals surface area contributed by atoms with E-state index in [1.807, 2.05) is 17.8 Å². The largest absolute Gasteiger partial charge is 0.573 e. The second kappa shape index (κ2) is 8.68. The molecule has 2 aromatic carbocycles. The summed E-state index contributed by atoms with van der Waals surface area (Å²) in [6.45, 7) is 0.478. The number of nitrogens with one attached hydrogen (secondary N) is 1. The molecule has 152 valence electrons. The molecule has 0 radical (unpaired) electrons. The fourth-order valence-electron chi connectivity index (χ4n) is 2.48. The van der Waals surface area contributed by atoms with E-state index < -0.39 is 6.36 Å². The molecule has 1 aromatic heterocycles. The quantitative estimate of drug-likeness (QED) is 0.649. The van der Waals surface area contributed by atoms with Gasteiger partial charge in [-0.2, -0.15) is 0 Å². The first-order chi connectivity index (χ1) is 13.8. The molecule has 0 aliphatic rings. The third kappa shape index (κ3) is 6.00. The fraction of sp³-hybridized carbons (Fsp3) is 0.200. The molecule has 1 N–H and O–H groups in total. The molecule has 0 unspecified atom stereocenters. The maximum atomic E-state index is 12.2. The first kappa shape index (κ1) is 20.2. The summed E-state index contributed by atoms with van der Waals surface area (Å²) in [4.78, 5) is 16.4. The van der Waals surface area contributed by atoms with Gasteiger partial charge in [0.1, 0.15) is 23.9 Å². The average Bonchev–Trinajstić information content (AvgIpc) is 3.09. The monoisotopic (exact) mass is 405 g/mol. The van der Waals surface area contributed by atoms with Crippen molar-refractivity contribution in [2.75, 3.05) is 0 Å². The van der Waals surface area contributed by atoms with Crippen LogP contribution in [-0.4, -0.2) is 21.8 Å². The van der Waals surface area contributed by atoms with E-state index in [4.69, 9.17) is 4.74 Å². The number of aromatic nitrogens is 2. The topological polar surface area (TPSA) is 65.4 Å². The van der Waals surface area contributed by atoms with E-state index in [-0.39, 0.29) is 18.2 Å². The van der Waals surface area contributed by atoms with Crippen molar-refractivity contribution in [2.24, 2.45) is 7.05 Å². The van der Waals surface area contributed by atoms with Gasteiger partial charge in [0.25, 0.3) is 5.91 Å². The molecule has 0 atom stereocenters. The molecule has 1 heterocycles. The summed E-state index contributed by atoms with van der Waals surface area (Å²) in [5.74, 6) is 0.758. The molecule has 3 rings (SSSR count). The predicted molar refractivity (Wildman–Crippen MR) is 98.3 cm³/mol. The number of halogens is 3. The number of hydrogen-bond acceptors (Lipinski definition) is 4. The van der Waals surface area contributed by atoms with E-state index in [0.29, 0.717) is 23.5 Å². The standard InChI is InChI=1S/C20H18F3N3O3/c1-26-11-10-24-18(26)13-28-16-8-4-15(5-9-16)19(27)25-12-14-2-6-17(7-3-14)29-20(21,22)23/h2-11H,12-13H2,1H3,(H,25,27). The molecule has 3 aromatic rings. The van der Waals surface area contributed by atoms with Crippen LogP contribution in [0.4, 0.5) is 13.2 Å². The number of ether oxygens (including phenoxy) is 2. The Morgan fingerprint density at radius 2 is 1.72 bits per heavy atom. The number of nitrogens with zero attached hydrogens (tertiary/aromatic N) is 2. The molecule has 0 fully saturated rings. The Kier molecular flexibility index (Phi) is 6.06. The Balaban J connectivity index is 1.49. The molecule has 0 bridgehead atoms. The first-order valence-electron chi connectivity index (χ1n) is 8.62. The van der Waals surface area contributed by atoms with Crippen LogP contribution in [0.25, 0.3) is 0 Å². The number of rotatable bonds is 7. The smallest absolute Gasteiger partial charge is 0.486 e. The van der Waals surface area contributed by atoms with Crippen LogP contribution in [0.1, 0.15) is 21.7 Å². The normalized spacial score (nSPS) is 11.2. The third-order valence-corrected chi connectivity index (χ3v) is 4.02. The van der Waals surface area contributed by atoms with Crippen molar-refractivity contribution in [1.82, 2.24) is 14.9 Å². The summed E-state index contributed by atoms with van der Waals surface area (Å²) in [5, 5.41) is 2.71. The zero-order valence-corrected chi connectivity index (χ0v) is 15.4. The molecular weight excluding hydrogens is 387 g/mol. The molecule has 0 saturated carbocycles. The van der Waals surface area contributed by atoms with Gasteiger partial charge in [0.2, 0.25) is 0 Å². The highest BCUT2D eigenvalue weighted by Crippen LogP contribution is 2.22. The molecule has 29 heavy (non-hydrogen) atoms. The molecular formula is C20H18F3N3O3. The van der Waals surface area contributed by atoms with E-state index in [9.17, 15) is 18.0 Å². The Hall–Kier alpha value is -3.49. The average molecular weight is 405 g/mol. The van der Waals surface area contributed by atoms with Crippen molar-refractivity contribution >= 4 is 5.91 Å². The van der Waals surface area contributed by atoms with Gasteiger partial charge in [0, 0.05) is 31.5 Å². The number of carbonyl (C=O) groups excluding carboxylic acids is 1. The molecule has 0 aliphatic heterocycles. The first-order valence-corrected chi connectivity index (χ1v) is 8.62. The number of aryl methyl sites for hydroxylation is 1. The van der Waals surface area contributed by atoms with Crippen LogP contribution >= 0.6 is 0 Å². The minimum Gasteiger partial charge on any atom is -0.486 e. The van der Waals surface area contributed by atoms with E-state index >= 15 is 0 Å². The number of benzene rings is 2. The van der Waals surface area contributed by atoms with Crippen molar-refractivity contribution in [1.29, 1.82) is 0 Å². The van der Waals surface area contributed by atoms with Crippen LogP contribution in [0.15, 0.2) is 60.9 Å². The minimum atomic E-state index is -4.73. The maximum absolute atomic E-state index is 12.2. The zero-order valence-electron chi connectivity index (χ0n) is 15.4. The summed E-state index contributed by atoms with van der Waals surface area (Å²) in [7, 11) is 1.87. The van der Waals surface area contributed by atoms with Gasteiger partial charge in [0.05, 0.1) is 0 Å². The Morgan fingerprint density at radius 3 is 2.31 bits per heavy atom. The van der Waals surface area contributed by atoms with Crippen molar-refractivity contribution in [3.8, 4) is 11.5 Å². The van der Waals surface area contributed by atoms with Gasteiger partial charge >= 0.3 is 6.36 Å². The van der Waals surface area contributed by atoms with E-state index in [0.717, 1.165) is 5.82 Å². The lowest BCUT2D eigenvalue weighted by Crippen LogP contribution is -2.22. The second-order valence-corrected chi connectivity index (χ2v) is 6.14. The SMILES string of the molecule is Cn1ccnc1COc1ccc(C(=O)NCc2ccc(OC(F)(F)F)cc2)cc1. The van der Waals surface area contributed by atoms with Crippen LogP contribution < -0.4 is 14.8 Å². The van der Waals surface area contributed by atoms with Gasteiger partial charge < -0.3 is 19.4 Å². The number of hydrogen-bond donors (Lipinski definition) is 1. The van der Waals surface area contributed by atoms with Crippen LogP contribution in [0, 0.1) is 0 Å². The highest BCUT2D eigenvalue weighted by Gasteiger charge is 2.30. The molecule has 1 amide bonds. The number of imidazole rings is 1. The van der Waals surface area contributed by atoms with Crippen molar-refractivity contribution in [3.05, 3.63) is 77.9 Å². The Morgan fingerprint density at radius 1 is 1.07 bits per heavy atom.